The van der Waals surface area contributed by atoms with Gasteiger partial charge in [0.15, 0.2) is 0 Å². The van der Waals surface area contributed by atoms with Crippen molar-refractivity contribution >= 4 is 15.8 Å². The van der Waals surface area contributed by atoms with E-state index in [9.17, 15) is 8.42 Å². The van der Waals surface area contributed by atoms with Crippen LogP contribution in [0.4, 0.5) is 5.82 Å². The molecule has 118 valence electrons. The molecule has 1 aliphatic heterocycles. The Morgan fingerprint density at radius 1 is 1.38 bits per heavy atom. The fourth-order valence-corrected chi connectivity index (χ4v) is 3.73. The third-order valence-electron chi connectivity index (χ3n) is 3.85. The largest absolute Gasteiger partial charge is 0.370 e. The summed E-state index contributed by atoms with van der Waals surface area (Å²) in [5, 5.41) is 3.14. The second-order valence-corrected chi connectivity index (χ2v) is 7.44. The molecule has 1 aromatic heterocycles. The van der Waals surface area contributed by atoms with Crippen molar-refractivity contribution < 1.29 is 8.42 Å². The van der Waals surface area contributed by atoms with Crippen LogP contribution < -0.4 is 5.32 Å². The van der Waals surface area contributed by atoms with Gasteiger partial charge in [0.1, 0.15) is 10.7 Å². The zero-order valence-electron chi connectivity index (χ0n) is 12.9. The van der Waals surface area contributed by atoms with Gasteiger partial charge in [-0.15, -0.1) is 0 Å². The monoisotopic (exact) mass is 312 g/mol. The highest BCUT2D eigenvalue weighted by Crippen LogP contribution is 2.19. The molecule has 2 heterocycles. The van der Waals surface area contributed by atoms with Gasteiger partial charge in [0.25, 0.3) is 0 Å². The van der Waals surface area contributed by atoms with Crippen LogP contribution in [-0.2, 0) is 10.0 Å². The molecule has 0 saturated carbocycles. The maximum Gasteiger partial charge on any atom is 0.244 e. The lowest BCUT2D eigenvalue weighted by Gasteiger charge is -2.36. The normalized spacial score (nSPS) is 21.4. The van der Waals surface area contributed by atoms with E-state index in [-0.39, 0.29) is 10.9 Å². The predicted molar refractivity (Wildman–Crippen MR) is 83.9 cm³/mol. The fraction of sp³-hybridized carbons (Fsp3) is 0.643. The van der Waals surface area contributed by atoms with Crippen molar-refractivity contribution in [3.8, 4) is 0 Å². The van der Waals surface area contributed by atoms with Crippen LogP contribution >= 0.6 is 0 Å². The Balaban J connectivity index is 2.12. The number of hydrogen-bond acceptors (Lipinski definition) is 5. The van der Waals surface area contributed by atoms with Gasteiger partial charge < -0.3 is 10.2 Å². The molecule has 1 atom stereocenters. The summed E-state index contributed by atoms with van der Waals surface area (Å²) in [6, 6.07) is 3.58. The average molecular weight is 312 g/mol. The summed E-state index contributed by atoms with van der Waals surface area (Å²) in [5.41, 5.74) is 0. The predicted octanol–water partition coefficient (Wildman–Crippen LogP) is 1.23. The molecule has 1 saturated heterocycles. The number of nitrogens with one attached hydrogen (secondary N) is 1. The van der Waals surface area contributed by atoms with Crippen LogP contribution in [0.25, 0.3) is 0 Å². The first-order chi connectivity index (χ1) is 9.95. The van der Waals surface area contributed by atoms with Crippen LogP contribution in [0.2, 0.25) is 0 Å². The maximum absolute atomic E-state index is 12.6. The number of aromatic nitrogens is 1. The number of pyridine rings is 1. The van der Waals surface area contributed by atoms with Crippen LogP contribution in [0.1, 0.15) is 20.3 Å². The lowest BCUT2D eigenvalue weighted by molar-refractivity contribution is 0.159. The number of rotatable bonds is 5. The molecular weight excluding hydrogens is 288 g/mol. The molecule has 1 aromatic rings. The Morgan fingerprint density at radius 3 is 2.71 bits per heavy atom. The lowest BCUT2D eigenvalue weighted by atomic mass is 10.2. The van der Waals surface area contributed by atoms with E-state index in [0.717, 1.165) is 19.5 Å². The minimum atomic E-state index is -3.44. The van der Waals surface area contributed by atoms with E-state index in [0.29, 0.717) is 18.9 Å². The zero-order valence-corrected chi connectivity index (χ0v) is 13.7. The molecule has 7 heteroatoms. The summed E-state index contributed by atoms with van der Waals surface area (Å²) >= 11 is 0. The Hall–Kier alpha value is -1.18. The van der Waals surface area contributed by atoms with Gasteiger partial charge in [-0.1, -0.05) is 6.92 Å². The summed E-state index contributed by atoms with van der Waals surface area (Å²) < 4.78 is 26.8. The van der Waals surface area contributed by atoms with E-state index in [1.54, 1.807) is 16.4 Å². The third-order valence-corrected chi connectivity index (χ3v) is 5.70. The van der Waals surface area contributed by atoms with Crippen molar-refractivity contribution in [1.29, 1.82) is 0 Å². The van der Waals surface area contributed by atoms with E-state index < -0.39 is 10.0 Å². The maximum atomic E-state index is 12.6. The third kappa shape index (κ3) is 3.72. The molecule has 21 heavy (non-hydrogen) atoms. The van der Waals surface area contributed by atoms with Crippen LogP contribution in [0.3, 0.4) is 0 Å². The van der Waals surface area contributed by atoms with Crippen molar-refractivity contribution in [2.75, 3.05) is 38.5 Å². The van der Waals surface area contributed by atoms with Crippen molar-refractivity contribution in [1.82, 2.24) is 14.2 Å². The van der Waals surface area contributed by atoms with Gasteiger partial charge in [-0.25, -0.2) is 13.4 Å². The summed E-state index contributed by atoms with van der Waals surface area (Å²) in [4.78, 5) is 6.62. The fourth-order valence-electron chi connectivity index (χ4n) is 2.27. The molecule has 1 fully saturated rings. The highest BCUT2D eigenvalue weighted by Gasteiger charge is 2.30. The molecule has 1 unspecified atom stereocenters. The molecular formula is C14H24N4O2S. The number of sulfonamides is 1. The highest BCUT2D eigenvalue weighted by atomic mass is 32.2. The molecule has 0 aromatic carbocycles. The van der Waals surface area contributed by atoms with Gasteiger partial charge in [-0.05, 0) is 32.5 Å². The van der Waals surface area contributed by atoms with Crippen LogP contribution in [0, 0.1) is 0 Å². The zero-order chi connectivity index (χ0) is 15.5. The van der Waals surface area contributed by atoms with Crippen molar-refractivity contribution in [2.45, 2.75) is 31.2 Å². The Bertz CT molecular complexity index is 559. The van der Waals surface area contributed by atoms with E-state index >= 15 is 0 Å². The van der Waals surface area contributed by atoms with Crippen LogP contribution in [-0.4, -0.2) is 61.9 Å². The summed E-state index contributed by atoms with van der Waals surface area (Å²) in [5.74, 6) is 0.711. The van der Waals surface area contributed by atoms with E-state index in [2.05, 4.69) is 22.1 Å². The van der Waals surface area contributed by atoms with E-state index in [4.69, 9.17) is 0 Å². The molecule has 0 bridgehead atoms. The molecule has 1 N–H and O–H groups in total. The number of hydrogen-bond donors (Lipinski definition) is 1. The quantitative estimate of drug-likeness (QED) is 0.886. The van der Waals surface area contributed by atoms with Gasteiger partial charge in [-0.3, -0.25) is 0 Å². The second kappa shape index (κ2) is 6.72. The summed E-state index contributed by atoms with van der Waals surface area (Å²) in [6.07, 6.45) is 2.44. The lowest BCUT2D eigenvalue weighted by Crippen LogP contribution is -2.51. The molecule has 0 radical (unpaired) electrons. The molecule has 0 spiro atoms. The summed E-state index contributed by atoms with van der Waals surface area (Å²) in [6.45, 7) is 6.74. The topological polar surface area (TPSA) is 65.5 Å². The Morgan fingerprint density at radius 2 is 2.14 bits per heavy atom. The molecule has 1 aliphatic rings. The number of piperazine rings is 1. The molecule has 2 rings (SSSR count). The first-order valence-corrected chi connectivity index (χ1v) is 8.79. The molecule has 6 nitrogen and oxygen atoms in total. The van der Waals surface area contributed by atoms with Crippen molar-refractivity contribution in [3.05, 3.63) is 18.3 Å². The Labute approximate surface area is 127 Å². The average Bonchev–Trinajstić information content (AvgIpc) is 2.48. The number of likely N-dealkylation sites (N-methyl/N-ethyl adjacent to an activating group) is 1. The van der Waals surface area contributed by atoms with Gasteiger partial charge in [-0.2, -0.15) is 4.31 Å². The van der Waals surface area contributed by atoms with Crippen molar-refractivity contribution in [2.24, 2.45) is 0 Å². The van der Waals surface area contributed by atoms with Crippen LogP contribution in [0.5, 0.6) is 0 Å². The number of nitrogens with zero attached hydrogens (tertiary/aromatic N) is 3. The standard InChI is InChI=1S/C14H24N4O2S/c1-4-7-15-14-6-5-13(10-16-14)21(19,20)18-9-8-17(3)12(2)11-18/h5-6,10,12H,4,7-9,11H2,1-3H3,(H,15,16). The Kier molecular flexibility index (Phi) is 5.18. The first kappa shape index (κ1) is 16.2. The van der Waals surface area contributed by atoms with Gasteiger partial charge in [0.05, 0.1) is 0 Å². The minimum Gasteiger partial charge on any atom is -0.370 e. The molecule has 0 aliphatic carbocycles. The van der Waals surface area contributed by atoms with Gasteiger partial charge >= 0.3 is 0 Å². The smallest absolute Gasteiger partial charge is 0.244 e. The van der Waals surface area contributed by atoms with E-state index in [1.807, 2.05) is 14.0 Å². The SMILES string of the molecule is CCCNc1ccc(S(=O)(=O)N2CCN(C)C(C)C2)cn1. The summed E-state index contributed by atoms with van der Waals surface area (Å²) in [7, 11) is -1.42. The van der Waals surface area contributed by atoms with Gasteiger partial charge in [0, 0.05) is 38.4 Å². The highest BCUT2D eigenvalue weighted by molar-refractivity contribution is 7.89. The van der Waals surface area contributed by atoms with E-state index in [1.165, 1.54) is 6.20 Å². The molecule has 0 amide bonds. The van der Waals surface area contributed by atoms with Crippen LogP contribution in [0.15, 0.2) is 23.2 Å². The first-order valence-electron chi connectivity index (χ1n) is 7.35. The minimum absolute atomic E-state index is 0.229. The van der Waals surface area contributed by atoms with Crippen molar-refractivity contribution in [3.63, 3.8) is 0 Å². The second-order valence-electron chi connectivity index (χ2n) is 5.50. The van der Waals surface area contributed by atoms with Gasteiger partial charge in [0.2, 0.25) is 10.0 Å². The number of anilines is 1.